The zero-order chi connectivity index (χ0) is 12.2. The second-order valence-corrected chi connectivity index (χ2v) is 4.59. The summed E-state index contributed by atoms with van der Waals surface area (Å²) in [4.78, 5) is 3.06. The summed E-state index contributed by atoms with van der Waals surface area (Å²) in [6, 6.07) is 9.63. The zero-order valence-corrected chi connectivity index (χ0v) is 9.32. The number of rotatable bonds is 0. The molecule has 0 unspecified atom stereocenters. The van der Waals surface area contributed by atoms with Crippen LogP contribution in [0.4, 0.5) is 0 Å². The number of fused-ring (bicyclic) bond motifs is 1. The van der Waals surface area contributed by atoms with Crippen molar-refractivity contribution in [3.8, 4) is 6.07 Å². The van der Waals surface area contributed by atoms with Gasteiger partial charge in [-0.15, -0.1) is 0 Å². The van der Waals surface area contributed by atoms with Gasteiger partial charge in [0.1, 0.15) is 0 Å². The number of nitriles is 1. The van der Waals surface area contributed by atoms with E-state index in [9.17, 15) is 8.42 Å². The fourth-order valence-corrected chi connectivity index (χ4v) is 1.12. The Labute approximate surface area is 93.1 Å². The number of nitrogens with zero attached hydrogens (tertiary/aromatic N) is 1. The minimum absolute atomic E-state index is 0.706. The normalized spacial score (nSPS) is 10.3. The number of aromatic nitrogens is 1. The Morgan fingerprint density at radius 3 is 2.56 bits per heavy atom. The molecular weight excluding hydrogens is 228 g/mol. The van der Waals surface area contributed by atoms with Gasteiger partial charge in [0.25, 0.3) is 10.1 Å². The van der Waals surface area contributed by atoms with Crippen molar-refractivity contribution >= 4 is 21.0 Å². The maximum Gasteiger partial charge on any atom is 0.261 e. The zero-order valence-electron chi connectivity index (χ0n) is 8.51. The lowest BCUT2D eigenvalue weighted by Gasteiger charge is -1.88. The van der Waals surface area contributed by atoms with Gasteiger partial charge < -0.3 is 4.98 Å². The molecule has 1 aromatic heterocycles. The van der Waals surface area contributed by atoms with E-state index in [0.29, 0.717) is 11.8 Å². The summed E-state index contributed by atoms with van der Waals surface area (Å²) in [5, 5.41) is 9.66. The van der Waals surface area contributed by atoms with Crippen molar-refractivity contribution in [2.75, 3.05) is 6.26 Å². The molecule has 0 aliphatic rings. The Bertz CT molecular complexity index is 615. The van der Waals surface area contributed by atoms with E-state index in [1.807, 2.05) is 24.4 Å². The third-order valence-corrected chi connectivity index (χ3v) is 1.68. The van der Waals surface area contributed by atoms with Gasteiger partial charge in [-0.1, -0.05) is 0 Å². The lowest BCUT2D eigenvalue weighted by atomic mass is 10.2. The molecule has 0 bridgehead atoms. The molecule has 0 aliphatic heterocycles. The van der Waals surface area contributed by atoms with Crippen LogP contribution < -0.4 is 0 Å². The second kappa shape index (κ2) is 4.79. The molecular formula is C10H10N2O3S. The highest BCUT2D eigenvalue weighted by Crippen LogP contribution is 2.12. The van der Waals surface area contributed by atoms with Crippen LogP contribution in [-0.4, -0.2) is 24.2 Å². The molecule has 84 valence electrons. The Balaban J connectivity index is 0.000000221. The van der Waals surface area contributed by atoms with Crippen LogP contribution in [0.15, 0.2) is 30.5 Å². The van der Waals surface area contributed by atoms with Crippen LogP contribution in [0.5, 0.6) is 0 Å². The van der Waals surface area contributed by atoms with Gasteiger partial charge in [0, 0.05) is 17.1 Å². The summed E-state index contributed by atoms with van der Waals surface area (Å²) in [5.74, 6) is 0. The fourth-order valence-electron chi connectivity index (χ4n) is 1.12. The molecule has 2 N–H and O–H groups in total. The van der Waals surface area contributed by atoms with Gasteiger partial charge in [0.05, 0.1) is 17.9 Å². The van der Waals surface area contributed by atoms with Crippen molar-refractivity contribution in [1.29, 1.82) is 5.26 Å². The standard InChI is InChI=1S/C9H6N2.CH4O3S/c10-6-7-1-2-9-8(5-7)3-4-11-9;1-5(2,3)4/h1-5,11H;1H3,(H,2,3,4). The molecule has 0 fully saturated rings. The maximum absolute atomic E-state index is 9.19. The number of H-pyrrole nitrogens is 1. The van der Waals surface area contributed by atoms with Crippen LogP contribution in [0.2, 0.25) is 0 Å². The topological polar surface area (TPSA) is 93.9 Å². The molecule has 0 spiro atoms. The number of hydrogen-bond acceptors (Lipinski definition) is 3. The van der Waals surface area contributed by atoms with E-state index in [-0.39, 0.29) is 0 Å². The van der Waals surface area contributed by atoms with E-state index in [1.54, 1.807) is 6.07 Å². The Hall–Kier alpha value is -1.84. The first kappa shape index (κ1) is 12.2. The van der Waals surface area contributed by atoms with Crippen molar-refractivity contribution in [2.24, 2.45) is 0 Å². The minimum Gasteiger partial charge on any atom is -0.361 e. The summed E-state index contributed by atoms with van der Waals surface area (Å²) < 4.78 is 25.9. The number of aromatic amines is 1. The molecule has 2 rings (SSSR count). The Morgan fingerprint density at radius 1 is 1.38 bits per heavy atom. The molecule has 0 saturated heterocycles. The number of hydrogen-bond donors (Lipinski definition) is 2. The third kappa shape index (κ3) is 4.13. The number of nitrogens with one attached hydrogen (secondary N) is 1. The van der Waals surface area contributed by atoms with Gasteiger partial charge in [0.15, 0.2) is 0 Å². The van der Waals surface area contributed by atoms with Crippen molar-refractivity contribution in [3.05, 3.63) is 36.0 Å². The van der Waals surface area contributed by atoms with Crippen LogP contribution in [-0.2, 0) is 10.1 Å². The van der Waals surface area contributed by atoms with E-state index >= 15 is 0 Å². The summed E-state index contributed by atoms with van der Waals surface area (Å²) in [7, 11) is -3.67. The van der Waals surface area contributed by atoms with Crippen LogP contribution in [0.3, 0.4) is 0 Å². The third-order valence-electron chi connectivity index (χ3n) is 1.68. The lowest BCUT2D eigenvalue weighted by Crippen LogP contribution is -1.88. The Morgan fingerprint density at radius 2 is 2.00 bits per heavy atom. The lowest BCUT2D eigenvalue weighted by molar-refractivity contribution is 0.490. The van der Waals surface area contributed by atoms with Crippen molar-refractivity contribution in [2.45, 2.75) is 0 Å². The molecule has 5 nitrogen and oxygen atoms in total. The first-order chi connectivity index (χ1) is 7.40. The predicted molar refractivity (Wildman–Crippen MR) is 60.5 cm³/mol. The smallest absolute Gasteiger partial charge is 0.261 e. The van der Waals surface area contributed by atoms with E-state index in [1.165, 1.54) is 0 Å². The fraction of sp³-hybridized carbons (Fsp3) is 0.100. The first-order valence-corrected chi connectivity index (χ1v) is 6.14. The highest BCUT2D eigenvalue weighted by Gasteiger charge is 1.94. The summed E-state index contributed by atoms with van der Waals surface area (Å²) in [6.07, 6.45) is 2.58. The second-order valence-electron chi connectivity index (χ2n) is 3.12. The quantitative estimate of drug-likeness (QED) is 0.681. The van der Waals surface area contributed by atoms with Crippen molar-refractivity contribution in [1.82, 2.24) is 4.98 Å². The number of benzene rings is 1. The molecule has 2 aromatic rings. The van der Waals surface area contributed by atoms with Gasteiger partial charge in [-0.3, -0.25) is 4.55 Å². The van der Waals surface area contributed by atoms with Crippen LogP contribution in [0, 0.1) is 11.3 Å². The summed E-state index contributed by atoms with van der Waals surface area (Å²) in [6.45, 7) is 0. The molecule has 1 heterocycles. The highest BCUT2D eigenvalue weighted by molar-refractivity contribution is 7.85. The van der Waals surface area contributed by atoms with E-state index in [2.05, 4.69) is 11.1 Å². The monoisotopic (exact) mass is 238 g/mol. The molecule has 0 aliphatic carbocycles. The van der Waals surface area contributed by atoms with Gasteiger partial charge in [-0.05, 0) is 24.3 Å². The molecule has 16 heavy (non-hydrogen) atoms. The van der Waals surface area contributed by atoms with Crippen molar-refractivity contribution in [3.63, 3.8) is 0 Å². The average molecular weight is 238 g/mol. The van der Waals surface area contributed by atoms with E-state index in [4.69, 9.17) is 9.81 Å². The van der Waals surface area contributed by atoms with Gasteiger partial charge >= 0.3 is 0 Å². The molecule has 0 radical (unpaired) electrons. The van der Waals surface area contributed by atoms with Gasteiger partial charge in [0.2, 0.25) is 0 Å². The maximum atomic E-state index is 9.19. The molecule has 1 aromatic carbocycles. The SMILES string of the molecule is CS(=O)(=O)O.N#Cc1ccc2[nH]ccc2c1. The minimum atomic E-state index is -3.67. The van der Waals surface area contributed by atoms with Crippen LogP contribution >= 0.6 is 0 Å². The van der Waals surface area contributed by atoms with E-state index in [0.717, 1.165) is 10.9 Å². The predicted octanol–water partition coefficient (Wildman–Crippen LogP) is 1.54. The van der Waals surface area contributed by atoms with Crippen LogP contribution in [0.25, 0.3) is 10.9 Å². The van der Waals surface area contributed by atoms with Gasteiger partial charge in [-0.2, -0.15) is 13.7 Å². The summed E-state index contributed by atoms with van der Waals surface area (Å²) in [5.41, 5.74) is 1.78. The largest absolute Gasteiger partial charge is 0.361 e. The Kier molecular flexibility index (Phi) is 3.66. The molecule has 0 saturated carbocycles. The van der Waals surface area contributed by atoms with Crippen LogP contribution in [0.1, 0.15) is 5.56 Å². The van der Waals surface area contributed by atoms with E-state index < -0.39 is 10.1 Å². The van der Waals surface area contributed by atoms with Crippen molar-refractivity contribution < 1.29 is 13.0 Å². The average Bonchev–Trinajstić information content (AvgIpc) is 2.61. The molecule has 6 heteroatoms. The first-order valence-electron chi connectivity index (χ1n) is 4.30. The highest BCUT2D eigenvalue weighted by atomic mass is 32.2. The van der Waals surface area contributed by atoms with Gasteiger partial charge in [-0.25, -0.2) is 0 Å². The molecule has 0 amide bonds. The summed E-state index contributed by atoms with van der Waals surface area (Å²) >= 11 is 0. The molecule has 0 atom stereocenters.